The number of carbonyl (C=O) groups excluding carboxylic acids is 2. The number of piperazine rings is 1. The Kier molecular flexibility index (Phi) is 4.56. The Hall–Kier alpha value is -2.11. The zero-order valence-corrected chi connectivity index (χ0v) is 12.8. The van der Waals surface area contributed by atoms with E-state index in [2.05, 4.69) is 4.98 Å². The number of urea groups is 1. The molecule has 6 nitrogen and oxygen atoms in total. The third-order valence-electron chi connectivity index (χ3n) is 4.39. The van der Waals surface area contributed by atoms with Crippen LogP contribution in [0.15, 0.2) is 24.5 Å². The number of rotatable bonds is 1. The zero-order chi connectivity index (χ0) is 15.4. The number of pyridine rings is 1. The van der Waals surface area contributed by atoms with Crippen LogP contribution in [-0.2, 0) is 0 Å². The number of hydrogen-bond acceptors (Lipinski definition) is 3. The molecule has 2 fully saturated rings. The van der Waals surface area contributed by atoms with Crippen LogP contribution < -0.4 is 0 Å². The molecule has 3 amide bonds. The third kappa shape index (κ3) is 3.21. The van der Waals surface area contributed by atoms with Gasteiger partial charge in [0.25, 0.3) is 5.91 Å². The van der Waals surface area contributed by atoms with Crippen molar-refractivity contribution in [2.75, 3.05) is 39.3 Å². The molecule has 1 aromatic rings. The maximum absolute atomic E-state index is 12.4. The van der Waals surface area contributed by atoms with E-state index in [0.717, 1.165) is 25.9 Å². The fourth-order valence-corrected chi connectivity index (χ4v) is 3.06. The average molecular weight is 302 g/mol. The van der Waals surface area contributed by atoms with E-state index in [0.29, 0.717) is 31.7 Å². The molecule has 0 saturated carbocycles. The van der Waals surface area contributed by atoms with Crippen molar-refractivity contribution in [3.8, 4) is 0 Å². The SMILES string of the molecule is O=C(c1ccncc1)N1CCN(C(=O)N2CCCCC2)CC1. The molecule has 0 aliphatic carbocycles. The minimum atomic E-state index is 0.0208. The molecule has 0 unspecified atom stereocenters. The summed E-state index contributed by atoms with van der Waals surface area (Å²) in [5.74, 6) is 0.0208. The van der Waals surface area contributed by atoms with Crippen LogP contribution in [0.25, 0.3) is 0 Å². The van der Waals surface area contributed by atoms with Crippen molar-refractivity contribution in [1.82, 2.24) is 19.7 Å². The van der Waals surface area contributed by atoms with E-state index >= 15 is 0 Å². The highest BCUT2D eigenvalue weighted by Gasteiger charge is 2.28. The Balaban J connectivity index is 1.54. The molecule has 2 aliphatic heterocycles. The first-order valence-electron chi connectivity index (χ1n) is 7.99. The molecule has 0 bridgehead atoms. The molecule has 3 rings (SSSR count). The van der Waals surface area contributed by atoms with Crippen LogP contribution in [0.2, 0.25) is 0 Å². The zero-order valence-electron chi connectivity index (χ0n) is 12.8. The Bertz CT molecular complexity index is 520. The number of likely N-dealkylation sites (tertiary alicyclic amines) is 1. The van der Waals surface area contributed by atoms with Gasteiger partial charge in [0, 0.05) is 57.2 Å². The Morgan fingerprint density at radius 1 is 0.773 bits per heavy atom. The molecule has 2 saturated heterocycles. The lowest BCUT2D eigenvalue weighted by molar-refractivity contribution is 0.0633. The minimum Gasteiger partial charge on any atom is -0.335 e. The van der Waals surface area contributed by atoms with Gasteiger partial charge in [0.15, 0.2) is 0 Å². The molecule has 3 heterocycles. The molecule has 0 atom stereocenters. The van der Waals surface area contributed by atoms with Crippen molar-refractivity contribution >= 4 is 11.9 Å². The summed E-state index contributed by atoms with van der Waals surface area (Å²) in [4.78, 5) is 34.4. The van der Waals surface area contributed by atoms with Crippen molar-refractivity contribution in [3.05, 3.63) is 30.1 Å². The Morgan fingerprint density at radius 2 is 1.32 bits per heavy atom. The molecule has 118 valence electrons. The summed E-state index contributed by atoms with van der Waals surface area (Å²) in [5.41, 5.74) is 0.658. The highest BCUT2D eigenvalue weighted by molar-refractivity contribution is 5.94. The van der Waals surface area contributed by atoms with Crippen LogP contribution >= 0.6 is 0 Å². The molecule has 1 aromatic heterocycles. The van der Waals surface area contributed by atoms with E-state index < -0.39 is 0 Å². The maximum atomic E-state index is 12.4. The second-order valence-electron chi connectivity index (χ2n) is 5.85. The number of hydrogen-bond donors (Lipinski definition) is 0. The van der Waals surface area contributed by atoms with Crippen molar-refractivity contribution < 1.29 is 9.59 Å². The van der Waals surface area contributed by atoms with E-state index in [1.165, 1.54) is 6.42 Å². The molecule has 0 N–H and O–H groups in total. The van der Waals surface area contributed by atoms with E-state index in [-0.39, 0.29) is 11.9 Å². The third-order valence-corrected chi connectivity index (χ3v) is 4.39. The monoisotopic (exact) mass is 302 g/mol. The molecule has 6 heteroatoms. The van der Waals surface area contributed by atoms with E-state index in [9.17, 15) is 9.59 Å². The molecule has 0 spiro atoms. The Morgan fingerprint density at radius 3 is 1.95 bits per heavy atom. The predicted molar refractivity (Wildman–Crippen MR) is 82.5 cm³/mol. The first-order chi connectivity index (χ1) is 10.8. The number of carbonyl (C=O) groups is 2. The molecule has 0 radical (unpaired) electrons. The van der Waals surface area contributed by atoms with Gasteiger partial charge in [0.1, 0.15) is 0 Å². The lowest BCUT2D eigenvalue weighted by Crippen LogP contribution is -2.54. The van der Waals surface area contributed by atoms with Crippen LogP contribution in [0.1, 0.15) is 29.6 Å². The fourth-order valence-electron chi connectivity index (χ4n) is 3.06. The first-order valence-corrected chi connectivity index (χ1v) is 7.99. The van der Waals surface area contributed by atoms with Gasteiger partial charge in [-0.25, -0.2) is 4.79 Å². The molecule has 2 aliphatic rings. The van der Waals surface area contributed by atoms with Crippen LogP contribution in [0, 0.1) is 0 Å². The summed E-state index contributed by atoms with van der Waals surface area (Å²) in [6.45, 7) is 4.17. The van der Waals surface area contributed by atoms with Gasteiger partial charge in [-0.3, -0.25) is 9.78 Å². The number of aromatic nitrogens is 1. The molecular weight excluding hydrogens is 280 g/mol. The van der Waals surface area contributed by atoms with E-state index in [1.807, 2.05) is 14.7 Å². The molecule has 22 heavy (non-hydrogen) atoms. The Labute approximate surface area is 130 Å². The van der Waals surface area contributed by atoms with Gasteiger partial charge in [-0.05, 0) is 31.4 Å². The largest absolute Gasteiger partial charge is 0.335 e. The lowest BCUT2D eigenvalue weighted by Gasteiger charge is -2.38. The van der Waals surface area contributed by atoms with Crippen molar-refractivity contribution in [2.24, 2.45) is 0 Å². The normalized spacial score (nSPS) is 19.2. The summed E-state index contributed by atoms with van der Waals surface area (Å²) in [5, 5.41) is 0. The first kappa shape index (κ1) is 14.8. The van der Waals surface area contributed by atoms with Gasteiger partial charge in [-0.2, -0.15) is 0 Å². The highest BCUT2D eigenvalue weighted by Crippen LogP contribution is 2.14. The van der Waals surface area contributed by atoms with Crippen molar-refractivity contribution in [2.45, 2.75) is 19.3 Å². The minimum absolute atomic E-state index is 0.0208. The van der Waals surface area contributed by atoms with Crippen LogP contribution in [0.5, 0.6) is 0 Å². The summed E-state index contributed by atoms with van der Waals surface area (Å²) in [6, 6.07) is 3.59. The predicted octanol–water partition coefficient (Wildman–Crippen LogP) is 1.45. The summed E-state index contributed by atoms with van der Waals surface area (Å²) in [7, 11) is 0. The number of amides is 3. The van der Waals surface area contributed by atoms with Crippen LogP contribution in [0.4, 0.5) is 4.79 Å². The van der Waals surface area contributed by atoms with Gasteiger partial charge < -0.3 is 14.7 Å². The molecular formula is C16H22N4O2. The number of nitrogens with zero attached hydrogens (tertiary/aromatic N) is 4. The average Bonchev–Trinajstić information content (AvgIpc) is 2.62. The van der Waals surface area contributed by atoms with Crippen LogP contribution in [0.3, 0.4) is 0 Å². The van der Waals surface area contributed by atoms with Gasteiger partial charge in [0.2, 0.25) is 0 Å². The highest BCUT2D eigenvalue weighted by atomic mass is 16.2. The summed E-state index contributed by atoms with van der Waals surface area (Å²) < 4.78 is 0. The topological polar surface area (TPSA) is 56.8 Å². The van der Waals surface area contributed by atoms with Gasteiger partial charge in [-0.15, -0.1) is 0 Å². The quantitative estimate of drug-likeness (QED) is 0.789. The fraction of sp³-hybridized carbons (Fsp3) is 0.562. The smallest absolute Gasteiger partial charge is 0.320 e. The maximum Gasteiger partial charge on any atom is 0.320 e. The van der Waals surface area contributed by atoms with Crippen molar-refractivity contribution in [1.29, 1.82) is 0 Å². The molecule has 0 aromatic carbocycles. The summed E-state index contributed by atoms with van der Waals surface area (Å²) in [6.07, 6.45) is 6.68. The van der Waals surface area contributed by atoms with E-state index in [4.69, 9.17) is 0 Å². The lowest BCUT2D eigenvalue weighted by atomic mass is 10.1. The van der Waals surface area contributed by atoms with E-state index in [1.54, 1.807) is 24.5 Å². The summed E-state index contributed by atoms with van der Waals surface area (Å²) >= 11 is 0. The number of piperidine rings is 1. The van der Waals surface area contributed by atoms with Crippen molar-refractivity contribution in [3.63, 3.8) is 0 Å². The van der Waals surface area contributed by atoms with Crippen LogP contribution in [-0.4, -0.2) is 70.9 Å². The second kappa shape index (κ2) is 6.77. The van der Waals surface area contributed by atoms with Gasteiger partial charge >= 0.3 is 6.03 Å². The van der Waals surface area contributed by atoms with Gasteiger partial charge in [0.05, 0.1) is 0 Å². The standard InChI is InChI=1S/C16H22N4O2/c21-15(14-4-6-17-7-5-14)18-10-12-20(13-11-18)16(22)19-8-2-1-3-9-19/h4-7H,1-3,8-13H2. The second-order valence-corrected chi connectivity index (χ2v) is 5.85. The van der Waals surface area contributed by atoms with Gasteiger partial charge in [-0.1, -0.05) is 0 Å².